The van der Waals surface area contributed by atoms with Crippen LogP contribution in [0, 0.1) is 11.8 Å². The minimum atomic E-state index is -4.16. The molecule has 0 bridgehead atoms. The number of hydrogen-bond donors (Lipinski definition) is 2. The van der Waals surface area contributed by atoms with Crippen molar-refractivity contribution < 1.29 is 56.4 Å². The number of aromatic nitrogens is 2. The molecule has 294 valence electrons. The van der Waals surface area contributed by atoms with Crippen molar-refractivity contribution in [2.75, 3.05) is 40.2 Å². The van der Waals surface area contributed by atoms with Crippen molar-refractivity contribution in [3.63, 3.8) is 0 Å². The third-order valence-electron chi connectivity index (χ3n) is 9.87. The van der Waals surface area contributed by atoms with E-state index < -0.39 is 40.6 Å². The summed E-state index contributed by atoms with van der Waals surface area (Å²) in [5.74, 6) is 2.08. The number of benzene rings is 3. The van der Waals surface area contributed by atoms with Gasteiger partial charge < -0.3 is 43.2 Å². The predicted octanol–water partition coefficient (Wildman–Crippen LogP) is 4.41. The van der Waals surface area contributed by atoms with Crippen LogP contribution in [0.3, 0.4) is 0 Å². The van der Waals surface area contributed by atoms with Crippen LogP contribution in [0.1, 0.15) is 31.7 Å². The molecule has 3 aromatic carbocycles. The van der Waals surface area contributed by atoms with Crippen LogP contribution in [0.4, 0.5) is 4.79 Å². The SMILES string of the molecule is COc1ccccc1-c1nc(COc2ccc(C[C@@H]([C@H](O)CN(CC(C)C)S(=O)(=O)c3ccc4c(c3)OCO4)N(C(=O)O)[C@H]3CO[C@H]4OCC[C@H]43)cc2)no1. The number of nitrogens with zero attached hydrogens (tertiary/aromatic N) is 4. The first-order valence-electron chi connectivity index (χ1n) is 18.0. The van der Waals surface area contributed by atoms with E-state index in [1.165, 1.54) is 27.4 Å². The molecule has 0 spiro atoms. The van der Waals surface area contributed by atoms with Gasteiger partial charge in [-0.05, 0) is 60.7 Å². The Morgan fingerprint density at radius 1 is 1.02 bits per heavy atom. The summed E-state index contributed by atoms with van der Waals surface area (Å²) in [6, 6.07) is 16.9. The number of aliphatic hydroxyl groups excluding tert-OH is 1. The maximum Gasteiger partial charge on any atom is 0.407 e. The first-order chi connectivity index (χ1) is 26.5. The van der Waals surface area contributed by atoms with Crippen molar-refractivity contribution in [2.45, 2.75) is 62.7 Å². The lowest BCUT2D eigenvalue weighted by Crippen LogP contribution is -2.57. The Kier molecular flexibility index (Phi) is 11.4. The van der Waals surface area contributed by atoms with Gasteiger partial charge in [0.05, 0.1) is 49.0 Å². The van der Waals surface area contributed by atoms with Gasteiger partial charge >= 0.3 is 6.09 Å². The van der Waals surface area contributed by atoms with Crippen LogP contribution in [-0.4, -0.2) is 109 Å². The van der Waals surface area contributed by atoms with Gasteiger partial charge in [-0.1, -0.05) is 43.3 Å². The smallest absolute Gasteiger partial charge is 0.407 e. The summed E-state index contributed by atoms with van der Waals surface area (Å²) in [5.41, 5.74) is 1.34. The van der Waals surface area contributed by atoms with Gasteiger partial charge in [-0.2, -0.15) is 9.29 Å². The normalized spacial score (nSPS) is 20.1. The molecule has 2 fully saturated rings. The first-order valence-corrected chi connectivity index (χ1v) is 19.5. The number of aliphatic hydroxyl groups is 1. The minimum absolute atomic E-state index is 0.0158. The second-order valence-electron chi connectivity index (χ2n) is 14.0. The third-order valence-corrected chi connectivity index (χ3v) is 11.7. The molecule has 1 amide bonds. The van der Waals surface area contributed by atoms with Crippen LogP contribution in [0.15, 0.2) is 76.1 Å². The van der Waals surface area contributed by atoms with Gasteiger partial charge in [0, 0.05) is 25.1 Å². The molecule has 0 unspecified atom stereocenters. The highest BCUT2D eigenvalue weighted by Gasteiger charge is 2.49. The summed E-state index contributed by atoms with van der Waals surface area (Å²) in [6.07, 6.45) is -2.59. The number of carbonyl (C=O) groups is 1. The number of fused-ring (bicyclic) bond motifs is 2. The molecule has 4 heterocycles. The van der Waals surface area contributed by atoms with E-state index in [4.69, 9.17) is 32.9 Å². The molecule has 2 N–H and O–H groups in total. The maximum atomic E-state index is 14.1. The van der Waals surface area contributed by atoms with Gasteiger partial charge in [0.25, 0.3) is 5.89 Å². The highest BCUT2D eigenvalue weighted by Crippen LogP contribution is 2.38. The Labute approximate surface area is 318 Å². The Bertz CT molecular complexity index is 2060. The summed E-state index contributed by atoms with van der Waals surface area (Å²) >= 11 is 0. The quantitative estimate of drug-likeness (QED) is 0.162. The summed E-state index contributed by atoms with van der Waals surface area (Å²) in [6.45, 7) is 3.95. The second-order valence-corrected chi connectivity index (χ2v) is 15.9. The van der Waals surface area contributed by atoms with E-state index in [9.17, 15) is 23.4 Å². The number of sulfonamides is 1. The zero-order valence-electron chi connectivity index (χ0n) is 30.6. The van der Waals surface area contributed by atoms with E-state index in [0.29, 0.717) is 53.0 Å². The molecule has 2 saturated heterocycles. The van der Waals surface area contributed by atoms with Gasteiger partial charge in [-0.3, -0.25) is 4.90 Å². The number of methoxy groups -OCH3 is 1. The summed E-state index contributed by atoms with van der Waals surface area (Å²) in [7, 11) is -2.61. The van der Waals surface area contributed by atoms with Crippen LogP contribution in [0.5, 0.6) is 23.0 Å². The van der Waals surface area contributed by atoms with Crippen LogP contribution < -0.4 is 18.9 Å². The van der Waals surface area contributed by atoms with Crippen LogP contribution >= 0.6 is 0 Å². The molecule has 7 rings (SSSR count). The predicted molar refractivity (Wildman–Crippen MR) is 194 cm³/mol. The van der Waals surface area contributed by atoms with Gasteiger partial charge in [0.1, 0.15) is 11.5 Å². The molecule has 55 heavy (non-hydrogen) atoms. The molecule has 4 aromatic rings. The van der Waals surface area contributed by atoms with Crippen LogP contribution in [0.2, 0.25) is 0 Å². The van der Waals surface area contributed by atoms with Gasteiger partial charge in [0.2, 0.25) is 22.6 Å². The topological polar surface area (TPSA) is 192 Å². The fourth-order valence-corrected chi connectivity index (χ4v) is 8.87. The fraction of sp³-hybridized carbons (Fsp3) is 0.447. The molecule has 3 aliphatic rings. The highest BCUT2D eigenvalue weighted by atomic mass is 32.2. The molecule has 0 saturated carbocycles. The Morgan fingerprint density at radius 3 is 2.56 bits per heavy atom. The van der Waals surface area contributed by atoms with E-state index in [1.807, 2.05) is 32.0 Å². The van der Waals surface area contributed by atoms with E-state index in [-0.39, 0.29) is 62.1 Å². The third kappa shape index (κ3) is 8.35. The number of hydrogen-bond acceptors (Lipinski definition) is 13. The van der Waals surface area contributed by atoms with Gasteiger partial charge in [0.15, 0.2) is 24.4 Å². The molecule has 16 nitrogen and oxygen atoms in total. The molecule has 0 radical (unpaired) electrons. The number of carboxylic acid groups (broad SMARTS) is 1. The van der Waals surface area contributed by atoms with E-state index in [1.54, 1.807) is 37.4 Å². The largest absolute Gasteiger partial charge is 0.496 e. The van der Waals surface area contributed by atoms with Crippen LogP contribution in [0.25, 0.3) is 11.5 Å². The number of ether oxygens (including phenoxy) is 6. The Morgan fingerprint density at radius 2 is 1.80 bits per heavy atom. The van der Waals surface area contributed by atoms with Crippen molar-refractivity contribution in [3.8, 4) is 34.5 Å². The zero-order chi connectivity index (χ0) is 38.7. The molecule has 5 atom stereocenters. The monoisotopic (exact) mass is 780 g/mol. The molecule has 1 aromatic heterocycles. The lowest BCUT2D eigenvalue weighted by atomic mass is 9.93. The molecular formula is C38H44N4O12S. The lowest BCUT2D eigenvalue weighted by molar-refractivity contribution is -0.0906. The van der Waals surface area contributed by atoms with Crippen molar-refractivity contribution in [1.29, 1.82) is 0 Å². The average Bonchev–Trinajstić information content (AvgIpc) is 4.00. The van der Waals surface area contributed by atoms with E-state index >= 15 is 0 Å². The zero-order valence-corrected chi connectivity index (χ0v) is 31.5. The van der Waals surface area contributed by atoms with E-state index in [0.717, 1.165) is 0 Å². The number of amides is 1. The maximum absolute atomic E-state index is 14.1. The number of rotatable bonds is 16. The fourth-order valence-electron chi connectivity index (χ4n) is 7.23. The van der Waals surface area contributed by atoms with Gasteiger partial charge in [-0.15, -0.1) is 0 Å². The lowest BCUT2D eigenvalue weighted by Gasteiger charge is -2.39. The minimum Gasteiger partial charge on any atom is -0.496 e. The van der Waals surface area contributed by atoms with Crippen LogP contribution in [-0.2, 0) is 32.5 Å². The molecular weight excluding hydrogens is 737 g/mol. The van der Waals surface area contributed by atoms with Gasteiger partial charge in [-0.25, -0.2) is 13.2 Å². The summed E-state index contributed by atoms with van der Waals surface area (Å²) in [4.78, 5) is 18.7. The summed E-state index contributed by atoms with van der Waals surface area (Å²) < 4.78 is 68.5. The molecule has 0 aliphatic carbocycles. The Balaban J connectivity index is 1.11. The standard InChI is InChI=1S/C38H44N4O12S/c1-23(2)18-41(55(46,47)26-12-13-33-34(17-26)53-22-52-33)19-31(43)29(42(38(44)45)30-20-51-37-27(30)14-15-49-37)16-24-8-10-25(11-9-24)50-21-35-39-36(54-40-35)28-6-4-5-7-32(28)48-3/h4-13,17,23,27,29-31,37,43H,14-16,18-22H2,1-3H3,(H,44,45)/t27-,29-,30-,31+,37+/m0/s1. The van der Waals surface area contributed by atoms with E-state index in [2.05, 4.69) is 10.1 Å². The van der Waals surface area contributed by atoms with Crippen molar-refractivity contribution in [2.24, 2.45) is 11.8 Å². The highest BCUT2D eigenvalue weighted by molar-refractivity contribution is 7.89. The van der Waals surface area contributed by atoms with Crippen molar-refractivity contribution in [1.82, 2.24) is 19.3 Å². The molecule has 3 aliphatic heterocycles. The van der Waals surface area contributed by atoms with Crippen molar-refractivity contribution >= 4 is 16.1 Å². The van der Waals surface area contributed by atoms with Crippen molar-refractivity contribution in [3.05, 3.63) is 78.1 Å². The summed E-state index contributed by atoms with van der Waals surface area (Å²) in [5, 5.41) is 26.8. The average molecular weight is 781 g/mol. The first kappa shape index (κ1) is 38.3. The molecule has 17 heteroatoms. The Hall–Kier alpha value is -4.94. The second kappa shape index (κ2) is 16.4. The number of para-hydroxylation sites is 1.